The molecule has 0 atom stereocenters. The molecule has 4 N–H and O–H groups in total. The minimum absolute atomic E-state index is 0.0746. The number of rotatable bonds is 2. The highest BCUT2D eigenvalue weighted by Gasteiger charge is 2.00. The van der Waals surface area contributed by atoms with Gasteiger partial charge in [-0.15, -0.1) is 0 Å². The number of primary amides is 1. The molecule has 0 fully saturated rings. The summed E-state index contributed by atoms with van der Waals surface area (Å²) in [6.45, 7) is 0. The summed E-state index contributed by atoms with van der Waals surface area (Å²) in [5.41, 5.74) is 10.4. The van der Waals surface area contributed by atoms with Crippen LogP contribution in [-0.4, -0.2) is 15.5 Å². The number of anilines is 1. The van der Waals surface area contributed by atoms with Crippen LogP contribution in [0.3, 0.4) is 0 Å². The SMILES string of the molecule is Cn1cc(/C=C/C(N)=O)c(N)nc1=O. The van der Waals surface area contributed by atoms with Crippen molar-refractivity contribution in [1.29, 1.82) is 0 Å². The molecule has 6 nitrogen and oxygen atoms in total. The zero-order valence-electron chi connectivity index (χ0n) is 7.60. The van der Waals surface area contributed by atoms with E-state index in [1.54, 1.807) is 0 Å². The van der Waals surface area contributed by atoms with E-state index in [-0.39, 0.29) is 5.82 Å². The number of carbonyl (C=O) groups excluding carboxylic acids is 1. The zero-order valence-corrected chi connectivity index (χ0v) is 7.60. The average molecular weight is 194 g/mol. The first-order valence-electron chi connectivity index (χ1n) is 3.81. The highest BCUT2D eigenvalue weighted by atomic mass is 16.1. The van der Waals surface area contributed by atoms with Crippen LogP contribution in [0.2, 0.25) is 0 Å². The molecule has 0 aliphatic rings. The van der Waals surface area contributed by atoms with E-state index in [9.17, 15) is 9.59 Å². The summed E-state index contributed by atoms with van der Waals surface area (Å²) >= 11 is 0. The topological polar surface area (TPSA) is 104 Å². The summed E-state index contributed by atoms with van der Waals surface area (Å²) in [5.74, 6) is -0.510. The van der Waals surface area contributed by atoms with Gasteiger partial charge in [0.2, 0.25) is 5.91 Å². The lowest BCUT2D eigenvalue weighted by Gasteiger charge is -2.00. The molecule has 0 bridgehead atoms. The number of nitrogens with two attached hydrogens (primary N) is 2. The Labute approximate surface area is 79.9 Å². The summed E-state index contributed by atoms with van der Waals surface area (Å²) in [5, 5.41) is 0. The standard InChI is InChI=1S/C8H10N4O2/c1-12-4-5(2-3-6(9)13)7(10)11-8(12)14/h2-4H,1H3,(H2,9,13)(H2,10,11,14)/b3-2+. The molecule has 1 aromatic rings. The van der Waals surface area contributed by atoms with Crippen LogP contribution in [0.15, 0.2) is 17.1 Å². The third-order valence-corrected chi connectivity index (χ3v) is 1.57. The number of aromatic nitrogens is 2. The Bertz CT molecular complexity index is 447. The predicted octanol–water partition coefficient (Wildman–Crippen LogP) is -1.14. The summed E-state index contributed by atoms with van der Waals surface area (Å²) in [7, 11) is 1.54. The molecule has 0 radical (unpaired) electrons. The number of aryl methyl sites for hydroxylation is 1. The van der Waals surface area contributed by atoms with Crippen molar-refractivity contribution >= 4 is 17.8 Å². The maximum Gasteiger partial charge on any atom is 0.349 e. The van der Waals surface area contributed by atoms with E-state index in [2.05, 4.69) is 4.98 Å². The second-order valence-electron chi connectivity index (χ2n) is 2.71. The van der Waals surface area contributed by atoms with Crippen LogP contribution < -0.4 is 17.2 Å². The largest absolute Gasteiger partial charge is 0.383 e. The molecule has 1 rings (SSSR count). The second kappa shape index (κ2) is 3.73. The molecule has 6 heteroatoms. The number of nitrogen functional groups attached to an aromatic ring is 1. The van der Waals surface area contributed by atoms with Crippen LogP contribution in [0.5, 0.6) is 0 Å². The van der Waals surface area contributed by atoms with Crippen molar-refractivity contribution in [2.24, 2.45) is 12.8 Å². The fourth-order valence-electron chi connectivity index (χ4n) is 0.877. The molecule has 74 valence electrons. The summed E-state index contributed by atoms with van der Waals surface area (Å²) in [6, 6.07) is 0. The highest BCUT2D eigenvalue weighted by molar-refractivity contribution is 5.90. The van der Waals surface area contributed by atoms with Gasteiger partial charge in [0, 0.05) is 24.9 Å². The lowest BCUT2D eigenvalue weighted by atomic mass is 10.3. The van der Waals surface area contributed by atoms with Crippen LogP contribution in [0.25, 0.3) is 6.08 Å². The van der Waals surface area contributed by atoms with Crippen molar-refractivity contribution in [3.8, 4) is 0 Å². The van der Waals surface area contributed by atoms with Gasteiger partial charge in [0.15, 0.2) is 0 Å². The molecule has 0 aromatic carbocycles. The fraction of sp³-hybridized carbons (Fsp3) is 0.125. The Kier molecular flexibility index (Phi) is 2.66. The monoisotopic (exact) mass is 194 g/mol. The lowest BCUT2D eigenvalue weighted by molar-refractivity contribution is -0.113. The predicted molar refractivity (Wildman–Crippen MR) is 52.1 cm³/mol. The Morgan fingerprint density at radius 1 is 1.64 bits per heavy atom. The van der Waals surface area contributed by atoms with E-state index >= 15 is 0 Å². The molecule has 0 aliphatic carbocycles. The van der Waals surface area contributed by atoms with E-state index in [4.69, 9.17) is 11.5 Å². The minimum atomic E-state index is -0.585. The molecule has 0 saturated heterocycles. The maximum atomic E-state index is 11.0. The van der Waals surface area contributed by atoms with Crippen molar-refractivity contribution in [2.75, 3.05) is 5.73 Å². The van der Waals surface area contributed by atoms with Crippen molar-refractivity contribution in [2.45, 2.75) is 0 Å². The number of nitrogens with zero attached hydrogens (tertiary/aromatic N) is 2. The van der Waals surface area contributed by atoms with Gasteiger partial charge in [-0.2, -0.15) is 4.98 Å². The average Bonchev–Trinajstić information content (AvgIpc) is 2.09. The van der Waals surface area contributed by atoms with Crippen LogP contribution in [0, 0.1) is 0 Å². The molecule has 14 heavy (non-hydrogen) atoms. The highest BCUT2D eigenvalue weighted by Crippen LogP contribution is 2.06. The Hall–Kier alpha value is -2.11. The van der Waals surface area contributed by atoms with E-state index < -0.39 is 11.6 Å². The van der Waals surface area contributed by atoms with Crippen molar-refractivity contribution < 1.29 is 4.79 Å². The van der Waals surface area contributed by atoms with Crippen molar-refractivity contribution in [3.63, 3.8) is 0 Å². The van der Waals surface area contributed by atoms with E-state index in [0.29, 0.717) is 5.56 Å². The van der Waals surface area contributed by atoms with E-state index in [0.717, 1.165) is 6.08 Å². The summed E-state index contributed by atoms with van der Waals surface area (Å²) in [6.07, 6.45) is 4.03. The first kappa shape index (κ1) is 9.97. The number of hydrogen-bond acceptors (Lipinski definition) is 4. The second-order valence-corrected chi connectivity index (χ2v) is 2.71. The quantitative estimate of drug-likeness (QED) is 0.580. The van der Waals surface area contributed by atoms with Crippen LogP contribution in [-0.2, 0) is 11.8 Å². The van der Waals surface area contributed by atoms with Gasteiger partial charge >= 0.3 is 5.69 Å². The first-order valence-corrected chi connectivity index (χ1v) is 3.81. The van der Waals surface area contributed by atoms with E-state index in [1.807, 2.05) is 0 Å². The van der Waals surface area contributed by atoms with Crippen LogP contribution in [0.4, 0.5) is 5.82 Å². The van der Waals surface area contributed by atoms with Gasteiger partial charge in [-0.05, 0) is 6.08 Å². The van der Waals surface area contributed by atoms with Gasteiger partial charge in [0.25, 0.3) is 0 Å². The molecular weight excluding hydrogens is 184 g/mol. The molecule has 0 aliphatic heterocycles. The van der Waals surface area contributed by atoms with Crippen LogP contribution in [0.1, 0.15) is 5.56 Å². The number of amides is 1. The normalized spacial score (nSPS) is 10.6. The molecule has 1 amide bonds. The van der Waals surface area contributed by atoms with Crippen molar-refractivity contribution in [1.82, 2.24) is 9.55 Å². The van der Waals surface area contributed by atoms with Gasteiger partial charge in [0.1, 0.15) is 5.82 Å². The number of hydrogen-bond donors (Lipinski definition) is 2. The molecule has 0 unspecified atom stereocenters. The van der Waals surface area contributed by atoms with E-state index in [1.165, 1.54) is 23.9 Å². The summed E-state index contributed by atoms with van der Waals surface area (Å²) < 4.78 is 1.26. The Morgan fingerprint density at radius 3 is 2.86 bits per heavy atom. The molecule has 1 heterocycles. The van der Waals surface area contributed by atoms with Gasteiger partial charge in [0.05, 0.1) is 0 Å². The third kappa shape index (κ3) is 2.19. The lowest BCUT2D eigenvalue weighted by Crippen LogP contribution is -2.21. The Balaban J connectivity index is 3.16. The van der Waals surface area contributed by atoms with Gasteiger partial charge in [-0.25, -0.2) is 4.79 Å². The van der Waals surface area contributed by atoms with Gasteiger partial charge in [-0.1, -0.05) is 0 Å². The fourth-order valence-corrected chi connectivity index (χ4v) is 0.877. The molecular formula is C8H10N4O2. The zero-order chi connectivity index (χ0) is 10.7. The molecule has 0 saturated carbocycles. The minimum Gasteiger partial charge on any atom is -0.383 e. The first-order chi connectivity index (χ1) is 6.50. The summed E-state index contributed by atoms with van der Waals surface area (Å²) in [4.78, 5) is 25.0. The molecule has 0 spiro atoms. The van der Waals surface area contributed by atoms with Gasteiger partial charge in [-0.3, -0.25) is 4.79 Å². The van der Waals surface area contributed by atoms with Crippen LogP contribution >= 0.6 is 0 Å². The third-order valence-electron chi connectivity index (χ3n) is 1.57. The molecule has 1 aromatic heterocycles. The Morgan fingerprint density at radius 2 is 2.29 bits per heavy atom. The smallest absolute Gasteiger partial charge is 0.349 e. The number of carbonyl (C=O) groups is 1. The van der Waals surface area contributed by atoms with Gasteiger partial charge < -0.3 is 16.0 Å². The maximum absolute atomic E-state index is 11.0. The van der Waals surface area contributed by atoms with Crippen molar-refractivity contribution in [3.05, 3.63) is 28.3 Å².